The number of aliphatic hydroxyl groups is 1. The van der Waals surface area contributed by atoms with Gasteiger partial charge >= 0.3 is 0 Å². The zero-order valence-electron chi connectivity index (χ0n) is 21.9. The van der Waals surface area contributed by atoms with E-state index in [9.17, 15) is 9.90 Å². The van der Waals surface area contributed by atoms with E-state index in [1.165, 1.54) is 5.57 Å². The first-order valence-corrected chi connectivity index (χ1v) is 13.0. The average molecular weight is 504 g/mol. The van der Waals surface area contributed by atoms with Gasteiger partial charge in [-0.3, -0.25) is 4.79 Å². The van der Waals surface area contributed by atoms with Gasteiger partial charge in [-0.1, -0.05) is 50.6 Å². The van der Waals surface area contributed by atoms with Crippen molar-refractivity contribution >= 4 is 29.0 Å². The number of aromatic nitrogens is 4. The van der Waals surface area contributed by atoms with Crippen LogP contribution in [0.3, 0.4) is 0 Å². The van der Waals surface area contributed by atoms with Crippen LogP contribution >= 0.6 is 0 Å². The van der Waals surface area contributed by atoms with Crippen molar-refractivity contribution in [3.63, 3.8) is 0 Å². The van der Waals surface area contributed by atoms with E-state index in [2.05, 4.69) is 48.7 Å². The van der Waals surface area contributed by atoms with Crippen molar-refractivity contribution in [2.45, 2.75) is 64.8 Å². The van der Waals surface area contributed by atoms with Crippen molar-refractivity contribution in [2.75, 3.05) is 29.5 Å². The highest BCUT2D eigenvalue weighted by Crippen LogP contribution is 2.25. The number of ketones is 1. The molecule has 0 amide bonds. The highest BCUT2D eigenvalue weighted by atomic mass is 16.3. The van der Waals surface area contributed by atoms with Crippen molar-refractivity contribution in [1.29, 1.82) is 0 Å². The molecule has 0 spiro atoms. The Labute approximate surface area is 217 Å². The van der Waals surface area contributed by atoms with Crippen LogP contribution < -0.4 is 16.4 Å². The van der Waals surface area contributed by atoms with Crippen molar-refractivity contribution in [3.05, 3.63) is 64.9 Å². The molecule has 0 fully saturated rings. The molecule has 0 bridgehead atoms. The topological polar surface area (TPSA) is 130 Å². The molecule has 4 rings (SSSR count). The van der Waals surface area contributed by atoms with Gasteiger partial charge in [0.05, 0.1) is 6.20 Å². The fourth-order valence-corrected chi connectivity index (χ4v) is 4.49. The van der Waals surface area contributed by atoms with Crippen LogP contribution in [0, 0.1) is 0 Å². The summed E-state index contributed by atoms with van der Waals surface area (Å²) in [5.41, 5.74) is 11.1. The molecule has 3 aromatic rings. The highest BCUT2D eigenvalue weighted by Gasteiger charge is 2.18. The summed E-state index contributed by atoms with van der Waals surface area (Å²) >= 11 is 0. The second-order valence-electron chi connectivity index (χ2n) is 9.82. The Kier molecular flexibility index (Phi) is 8.55. The molecule has 37 heavy (non-hydrogen) atoms. The van der Waals surface area contributed by atoms with Crippen LogP contribution in [-0.2, 0) is 0 Å². The summed E-state index contributed by atoms with van der Waals surface area (Å²) in [4.78, 5) is 22.2. The maximum atomic E-state index is 12.8. The first-order chi connectivity index (χ1) is 17.9. The molecule has 0 saturated carbocycles. The summed E-state index contributed by atoms with van der Waals surface area (Å²) in [6, 6.07) is 7.20. The van der Waals surface area contributed by atoms with Crippen LogP contribution in [-0.4, -0.2) is 49.7 Å². The molecule has 1 aromatic carbocycles. The number of carbonyl (C=O) groups is 1. The van der Waals surface area contributed by atoms with Crippen molar-refractivity contribution < 1.29 is 9.90 Å². The molecule has 0 radical (unpaired) electrons. The number of Topliss-reactive ketones (excluding diaryl/α,β-unsaturated/α-hetero) is 1. The van der Waals surface area contributed by atoms with Gasteiger partial charge in [0.25, 0.3) is 0 Å². The Morgan fingerprint density at radius 1 is 1.27 bits per heavy atom. The van der Waals surface area contributed by atoms with Gasteiger partial charge in [-0.2, -0.15) is 19.6 Å². The molecular formula is C28H37N7O2. The molecule has 196 valence electrons. The number of aliphatic hydroxyl groups excluding tert-OH is 1. The molecule has 5 N–H and O–H groups in total. The van der Waals surface area contributed by atoms with Crippen LogP contribution in [0.1, 0.15) is 74.7 Å². The summed E-state index contributed by atoms with van der Waals surface area (Å²) < 4.78 is 1.75. The number of nitrogen functional groups attached to an aromatic ring is 1. The van der Waals surface area contributed by atoms with Gasteiger partial charge < -0.3 is 21.5 Å². The third kappa shape index (κ3) is 6.54. The lowest BCUT2D eigenvalue weighted by atomic mass is 9.94. The van der Waals surface area contributed by atoms with E-state index in [-0.39, 0.29) is 24.3 Å². The highest BCUT2D eigenvalue weighted by molar-refractivity contribution is 5.98. The van der Waals surface area contributed by atoms with E-state index in [0.717, 1.165) is 36.0 Å². The maximum Gasteiger partial charge on any atom is 0.229 e. The number of anilines is 3. The molecule has 1 aliphatic carbocycles. The van der Waals surface area contributed by atoms with Gasteiger partial charge in [0.15, 0.2) is 11.4 Å². The number of allylic oxidation sites excluding steroid dienone is 3. The van der Waals surface area contributed by atoms with Crippen LogP contribution in [0.5, 0.6) is 0 Å². The third-order valence-corrected chi connectivity index (χ3v) is 6.63. The first kappa shape index (κ1) is 26.3. The minimum atomic E-state index is 0.0587. The number of nitrogens with one attached hydrogen (secondary N) is 2. The number of hydrogen-bond donors (Lipinski definition) is 4. The smallest absolute Gasteiger partial charge is 0.229 e. The lowest BCUT2D eigenvalue weighted by Gasteiger charge is -2.18. The second kappa shape index (κ2) is 12.0. The van der Waals surface area contributed by atoms with E-state index < -0.39 is 0 Å². The SMILES string of the molecule is CCC(CCO)Nc1nc(NCC2=CC(CC(=O)c3cccc(N)c3)=CCC2)n2ncc(C(C)C)c2n1. The Hall–Kier alpha value is -3.72. The molecule has 0 saturated heterocycles. The quantitative estimate of drug-likeness (QED) is 0.206. The van der Waals surface area contributed by atoms with E-state index >= 15 is 0 Å². The number of benzene rings is 1. The van der Waals surface area contributed by atoms with E-state index in [1.54, 1.807) is 28.8 Å². The van der Waals surface area contributed by atoms with Crippen LogP contribution in [0.4, 0.5) is 17.6 Å². The van der Waals surface area contributed by atoms with Gasteiger partial charge in [0.2, 0.25) is 11.9 Å². The molecule has 1 atom stereocenters. The van der Waals surface area contributed by atoms with Crippen LogP contribution in [0.2, 0.25) is 0 Å². The summed E-state index contributed by atoms with van der Waals surface area (Å²) in [5.74, 6) is 1.44. The van der Waals surface area contributed by atoms with Crippen LogP contribution in [0.25, 0.3) is 5.65 Å². The maximum absolute atomic E-state index is 12.8. The Balaban J connectivity index is 1.52. The lowest BCUT2D eigenvalue weighted by Crippen LogP contribution is -2.22. The molecule has 1 unspecified atom stereocenters. The molecular weight excluding hydrogens is 466 g/mol. The zero-order chi connectivity index (χ0) is 26.4. The normalized spacial score (nSPS) is 14.4. The number of nitrogens with two attached hydrogens (primary N) is 1. The summed E-state index contributed by atoms with van der Waals surface area (Å²) in [6.45, 7) is 6.99. The number of carbonyl (C=O) groups excluding carboxylic acids is 1. The van der Waals surface area contributed by atoms with Crippen molar-refractivity contribution in [3.8, 4) is 0 Å². The van der Waals surface area contributed by atoms with Crippen molar-refractivity contribution in [1.82, 2.24) is 19.6 Å². The molecule has 9 heteroatoms. The van der Waals surface area contributed by atoms with Gasteiger partial charge in [-0.05, 0) is 49.3 Å². The predicted octanol–water partition coefficient (Wildman–Crippen LogP) is 4.73. The Morgan fingerprint density at radius 2 is 2.11 bits per heavy atom. The second-order valence-corrected chi connectivity index (χ2v) is 9.82. The van der Waals surface area contributed by atoms with Crippen molar-refractivity contribution in [2.24, 2.45) is 0 Å². The van der Waals surface area contributed by atoms with Gasteiger partial charge in [0, 0.05) is 42.4 Å². The Bertz CT molecular complexity index is 1310. The standard InChI is InChI=1S/C28H37N7O2/c1-4-23(11-12-36)32-27-33-26-24(18(2)3)17-31-35(26)28(34-27)30-16-20-8-5-7-19(13-20)14-25(37)21-9-6-10-22(29)15-21/h6-7,9-10,13,15,17-18,23,36H,4-5,8,11-12,14,16,29H2,1-3H3,(H2,30,32,33,34). The van der Waals surface area contributed by atoms with E-state index in [0.29, 0.717) is 42.5 Å². The minimum absolute atomic E-state index is 0.0587. The Morgan fingerprint density at radius 3 is 2.84 bits per heavy atom. The lowest BCUT2D eigenvalue weighted by molar-refractivity contribution is 0.0993. The summed E-state index contributed by atoms with van der Waals surface area (Å²) in [5, 5.41) is 20.8. The number of nitrogens with zero attached hydrogens (tertiary/aromatic N) is 4. The molecule has 9 nitrogen and oxygen atoms in total. The minimum Gasteiger partial charge on any atom is -0.399 e. The predicted molar refractivity (Wildman–Crippen MR) is 148 cm³/mol. The molecule has 2 heterocycles. The average Bonchev–Trinajstić information content (AvgIpc) is 3.32. The molecule has 2 aromatic heterocycles. The number of rotatable bonds is 12. The fourth-order valence-electron chi connectivity index (χ4n) is 4.49. The van der Waals surface area contributed by atoms with E-state index in [4.69, 9.17) is 15.7 Å². The largest absolute Gasteiger partial charge is 0.399 e. The number of fused-ring (bicyclic) bond motifs is 1. The summed E-state index contributed by atoms with van der Waals surface area (Å²) in [7, 11) is 0. The van der Waals surface area contributed by atoms with Gasteiger partial charge in [-0.15, -0.1) is 0 Å². The monoisotopic (exact) mass is 503 g/mol. The number of hydrogen-bond acceptors (Lipinski definition) is 8. The first-order valence-electron chi connectivity index (χ1n) is 13.0. The zero-order valence-corrected chi connectivity index (χ0v) is 21.9. The van der Waals surface area contributed by atoms with Crippen LogP contribution in [0.15, 0.2) is 53.8 Å². The summed E-state index contributed by atoms with van der Waals surface area (Å²) in [6.07, 6.45) is 9.70. The molecule has 0 aliphatic heterocycles. The van der Waals surface area contributed by atoms with Gasteiger partial charge in [0.1, 0.15) is 0 Å². The fraction of sp³-hybridized carbons (Fsp3) is 0.429. The van der Waals surface area contributed by atoms with Gasteiger partial charge in [-0.25, -0.2) is 0 Å². The van der Waals surface area contributed by atoms with E-state index in [1.807, 2.05) is 6.20 Å². The third-order valence-electron chi connectivity index (χ3n) is 6.63. The molecule has 1 aliphatic rings.